The highest BCUT2D eigenvalue weighted by Gasteiger charge is 2.42. The molecule has 0 saturated carbocycles. The van der Waals surface area contributed by atoms with E-state index in [0.717, 1.165) is 24.6 Å². The highest BCUT2D eigenvalue weighted by molar-refractivity contribution is 7.90. The Balaban J connectivity index is 1.93. The summed E-state index contributed by atoms with van der Waals surface area (Å²) in [6.45, 7) is 1.88. The first-order valence-electron chi connectivity index (χ1n) is 12.4. The number of sulfonamides is 1. The van der Waals surface area contributed by atoms with Gasteiger partial charge in [-0.25, -0.2) is 30.7 Å². The normalized spacial score (nSPS) is 11.6. The number of halogens is 7. The maximum atomic E-state index is 14.3. The van der Waals surface area contributed by atoms with Crippen molar-refractivity contribution in [3.8, 4) is 0 Å². The number of unbranched alkanes of at least 4 members (excludes halogenated alkanes) is 2. The van der Waals surface area contributed by atoms with Crippen LogP contribution in [0.25, 0.3) is 0 Å². The molecule has 0 fully saturated rings. The number of carbonyl (C=O) groups is 2. The van der Waals surface area contributed by atoms with Gasteiger partial charge in [-0.2, -0.15) is 13.2 Å². The van der Waals surface area contributed by atoms with E-state index in [4.69, 9.17) is 0 Å². The second kappa shape index (κ2) is 13.3. The van der Waals surface area contributed by atoms with Crippen LogP contribution in [0.1, 0.15) is 48.5 Å². The van der Waals surface area contributed by atoms with Crippen molar-refractivity contribution in [3.63, 3.8) is 0 Å². The molecule has 0 spiro atoms. The van der Waals surface area contributed by atoms with Gasteiger partial charge >= 0.3 is 6.18 Å². The first-order valence-corrected chi connectivity index (χ1v) is 13.9. The topological polar surface area (TPSA) is 148 Å². The summed E-state index contributed by atoms with van der Waals surface area (Å²) < 4.78 is 123. The summed E-state index contributed by atoms with van der Waals surface area (Å²) >= 11 is 0. The van der Waals surface area contributed by atoms with Crippen LogP contribution in [0.4, 0.5) is 53.5 Å². The number of nitro benzene ring substituents is 1. The molecular formula is C26H21F7N4O6S. The summed E-state index contributed by atoms with van der Waals surface area (Å²) in [4.78, 5) is 34.9. The van der Waals surface area contributed by atoms with Gasteiger partial charge in [0.25, 0.3) is 21.6 Å². The Kier molecular flexibility index (Phi) is 10.2. The molecule has 0 aliphatic carbocycles. The number of para-hydroxylation sites is 1. The summed E-state index contributed by atoms with van der Waals surface area (Å²) in [6.07, 6.45) is -3.99. The van der Waals surface area contributed by atoms with Crippen molar-refractivity contribution in [3.05, 3.63) is 87.0 Å². The summed E-state index contributed by atoms with van der Waals surface area (Å²) in [5.74, 6) is -12.6. The molecule has 3 N–H and O–H groups in total. The molecule has 0 aliphatic rings. The van der Waals surface area contributed by atoms with Gasteiger partial charge in [0.1, 0.15) is 21.8 Å². The lowest BCUT2D eigenvalue weighted by Crippen LogP contribution is -2.31. The monoisotopic (exact) mass is 650 g/mol. The van der Waals surface area contributed by atoms with Crippen molar-refractivity contribution in [1.29, 1.82) is 0 Å². The summed E-state index contributed by atoms with van der Waals surface area (Å²) in [5.41, 5.74) is -7.52. The lowest BCUT2D eigenvalue weighted by atomic mass is 10.1. The van der Waals surface area contributed by atoms with Crippen LogP contribution in [-0.4, -0.2) is 25.2 Å². The summed E-state index contributed by atoms with van der Waals surface area (Å²) in [6, 6.07) is 6.87. The third-order valence-electron chi connectivity index (χ3n) is 5.94. The Morgan fingerprint density at radius 1 is 0.909 bits per heavy atom. The summed E-state index contributed by atoms with van der Waals surface area (Å²) in [7, 11) is -4.48. The van der Waals surface area contributed by atoms with Gasteiger partial charge in [-0.15, -0.1) is 0 Å². The van der Waals surface area contributed by atoms with E-state index in [-0.39, 0.29) is 12.1 Å². The van der Waals surface area contributed by atoms with Crippen LogP contribution in [0.3, 0.4) is 0 Å². The number of hydrogen-bond donors (Lipinski definition) is 3. The second-order valence-electron chi connectivity index (χ2n) is 9.05. The molecule has 2 amide bonds. The molecule has 10 nitrogen and oxygen atoms in total. The van der Waals surface area contributed by atoms with Crippen LogP contribution in [0.2, 0.25) is 0 Å². The van der Waals surface area contributed by atoms with Gasteiger partial charge in [0, 0.05) is 18.1 Å². The molecule has 3 aromatic rings. The molecule has 0 aliphatic heterocycles. The third-order valence-corrected chi connectivity index (χ3v) is 7.37. The van der Waals surface area contributed by atoms with E-state index in [2.05, 4.69) is 5.32 Å². The number of hydrogen-bond acceptors (Lipinski definition) is 7. The molecule has 0 bridgehead atoms. The van der Waals surface area contributed by atoms with E-state index >= 15 is 0 Å². The Morgan fingerprint density at radius 3 is 2.09 bits per heavy atom. The second-order valence-corrected chi connectivity index (χ2v) is 10.7. The lowest BCUT2D eigenvalue weighted by molar-refractivity contribution is -0.383. The van der Waals surface area contributed by atoms with E-state index < -0.39 is 89.3 Å². The highest BCUT2D eigenvalue weighted by atomic mass is 32.2. The molecule has 0 saturated heterocycles. The molecule has 236 valence electrons. The standard InChI is InChI=1S/C26H21F7N4O6S/c1-2-3-4-9-18(38)36-44(42,43)17-8-6-5-7-15(17)35-25(39)13-10-11-14(16(12-13)37(40)41)34-24-22(29)20(27)19(26(31,32)33)21(28)23(24)30/h5-8,10-12,34H,2-4,9H2,1H3,(H,35,39)(H,36,38). The highest BCUT2D eigenvalue weighted by Crippen LogP contribution is 2.40. The number of rotatable bonds is 11. The molecule has 0 aromatic heterocycles. The molecule has 0 heterocycles. The first kappa shape index (κ1) is 33.8. The first-order chi connectivity index (χ1) is 20.5. The molecule has 44 heavy (non-hydrogen) atoms. The SMILES string of the molecule is CCCCCC(=O)NS(=O)(=O)c1ccccc1NC(=O)c1ccc(Nc2c(F)c(F)c(C(F)(F)F)c(F)c2F)c([N+](=O)[O-])c1. The molecule has 3 aromatic carbocycles. The Morgan fingerprint density at radius 2 is 1.52 bits per heavy atom. The zero-order valence-corrected chi connectivity index (χ0v) is 23.1. The number of nitrogens with zero attached hydrogens (tertiary/aromatic N) is 1. The number of alkyl halides is 3. The average Bonchev–Trinajstić information content (AvgIpc) is 2.93. The van der Waals surface area contributed by atoms with E-state index in [0.29, 0.717) is 25.0 Å². The predicted molar refractivity (Wildman–Crippen MR) is 142 cm³/mol. The molecule has 0 atom stereocenters. The minimum absolute atomic E-state index is 0.0782. The van der Waals surface area contributed by atoms with Gasteiger partial charge < -0.3 is 10.6 Å². The van der Waals surface area contributed by atoms with E-state index in [1.54, 1.807) is 5.32 Å². The smallest absolute Gasteiger partial charge is 0.345 e. The maximum absolute atomic E-state index is 14.3. The van der Waals surface area contributed by atoms with E-state index in [1.165, 1.54) is 12.1 Å². The Labute approximate surface area is 244 Å². The quantitative estimate of drug-likeness (QED) is 0.0701. The van der Waals surface area contributed by atoms with Crippen LogP contribution in [0.5, 0.6) is 0 Å². The van der Waals surface area contributed by atoms with Crippen LogP contribution in [0, 0.1) is 33.4 Å². The number of amides is 2. The average molecular weight is 651 g/mol. The van der Waals surface area contributed by atoms with Gasteiger partial charge in [0.15, 0.2) is 23.3 Å². The number of benzene rings is 3. The number of nitrogens with one attached hydrogen (secondary N) is 3. The largest absolute Gasteiger partial charge is 0.422 e. The minimum atomic E-state index is -5.81. The van der Waals surface area contributed by atoms with Crippen molar-refractivity contribution >= 4 is 44.6 Å². The van der Waals surface area contributed by atoms with E-state index in [1.807, 2.05) is 11.6 Å². The number of carbonyl (C=O) groups excluding carboxylic acids is 2. The molecule has 3 rings (SSSR count). The fourth-order valence-corrected chi connectivity index (χ4v) is 5.02. The van der Waals surface area contributed by atoms with Crippen molar-refractivity contribution < 1.29 is 53.7 Å². The van der Waals surface area contributed by atoms with Gasteiger partial charge in [0.05, 0.1) is 10.6 Å². The molecular weight excluding hydrogens is 629 g/mol. The van der Waals surface area contributed by atoms with Crippen LogP contribution < -0.4 is 15.4 Å². The number of anilines is 3. The van der Waals surface area contributed by atoms with Gasteiger partial charge in [-0.3, -0.25) is 19.7 Å². The van der Waals surface area contributed by atoms with E-state index in [9.17, 15) is 58.9 Å². The maximum Gasteiger partial charge on any atom is 0.422 e. The van der Waals surface area contributed by atoms with Crippen LogP contribution in [-0.2, 0) is 21.0 Å². The predicted octanol–water partition coefficient (Wildman–Crippen LogP) is 6.55. The zero-order chi connectivity index (χ0) is 33.0. The van der Waals surface area contributed by atoms with Crippen LogP contribution in [0.15, 0.2) is 47.4 Å². The number of nitro groups is 1. The fraction of sp³-hybridized carbons (Fsp3) is 0.231. The van der Waals surface area contributed by atoms with Gasteiger partial charge in [0.2, 0.25) is 5.91 Å². The van der Waals surface area contributed by atoms with Crippen molar-refractivity contribution in [1.82, 2.24) is 4.72 Å². The third kappa shape index (κ3) is 7.42. The van der Waals surface area contributed by atoms with Crippen molar-refractivity contribution in [2.75, 3.05) is 10.6 Å². The zero-order valence-electron chi connectivity index (χ0n) is 22.3. The van der Waals surface area contributed by atoms with Gasteiger partial charge in [-0.1, -0.05) is 31.9 Å². The minimum Gasteiger partial charge on any atom is -0.345 e. The molecule has 0 radical (unpaired) electrons. The van der Waals surface area contributed by atoms with Crippen molar-refractivity contribution in [2.24, 2.45) is 0 Å². The fourth-order valence-electron chi connectivity index (χ4n) is 3.84. The van der Waals surface area contributed by atoms with Crippen LogP contribution >= 0.6 is 0 Å². The lowest BCUT2D eigenvalue weighted by Gasteiger charge is -2.16. The molecule has 18 heteroatoms. The van der Waals surface area contributed by atoms with Crippen molar-refractivity contribution in [2.45, 2.75) is 43.7 Å². The Hall–Kier alpha value is -4.74. The molecule has 0 unspecified atom stereocenters. The Bertz CT molecular complexity index is 1700. The van der Waals surface area contributed by atoms with Gasteiger partial charge in [-0.05, 0) is 30.7 Å². The summed E-state index contributed by atoms with van der Waals surface area (Å²) in [5, 5.41) is 15.5.